The fourth-order valence-electron chi connectivity index (χ4n) is 1.48. The molecule has 0 bridgehead atoms. The molecule has 0 aromatic heterocycles. The molecule has 0 amide bonds. The molecule has 0 aromatic rings. The van der Waals surface area contributed by atoms with Crippen LogP contribution in [-0.4, -0.2) is 18.3 Å². The van der Waals surface area contributed by atoms with E-state index in [4.69, 9.17) is 0 Å². The average Bonchev–Trinajstić information content (AvgIpc) is 2.05. The van der Waals surface area contributed by atoms with Crippen molar-refractivity contribution >= 4 is 12.6 Å². The zero-order valence-electron chi connectivity index (χ0n) is 6.64. The zero-order chi connectivity index (χ0) is 7.40. The molecule has 60 valence electrons. The van der Waals surface area contributed by atoms with E-state index in [2.05, 4.69) is 24.9 Å². The summed E-state index contributed by atoms with van der Waals surface area (Å²) in [4.78, 5) is 0. The summed E-state index contributed by atoms with van der Waals surface area (Å²) in [7, 11) is 0. The highest BCUT2D eigenvalue weighted by molar-refractivity contribution is 7.80. The summed E-state index contributed by atoms with van der Waals surface area (Å²) < 4.78 is 0. The first kappa shape index (κ1) is 8.41. The Morgan fingerprint density at radius 3 is 2.70 bits per heavy atom. The number of nitrogens with one attached hydrogen (secondary N) is 1. The molecule has 0 aliphatic carbocycles. The first-order valence-corrected chi connectivity index (χ1v) is 4.84. The number of thiol groups is 1. The van der Waals surface area contributed by atoms with Crippen LogP contribution in [0.25, 0.3) is 0 Å². The van der Waals surface area contributed by atoms with Gasteiger partial charge in [-0.2, -0.15) is 12.6 Å². The Bertz CT molecular complexity index is 75.3. The third-order valence-corrected chi connectivity index (χ3v) is 2.86. The molecule has 1 aliphatic heterocycles. The van der Waals surface area contributed by atoms with Crippen LogP contribution in [0.15, 0.2) is 0 Å². The smallest absolute Gasteiger partial charge is 0.0155 e. The summed E-state index contributed by atoms with van der Waals surface area (Å²) in [6.45, 7) is 3.48. The lowest BCUT2D eigenvalue weighted by Gasteiger charge is -2.28. The second-order valence-corrected chi connectivity index (χ2v) is 3.50. The minimum atomic E-state index is 0.686. The van der Waals surface area contributed by atoms with Gasteiger partial charge in [0, 0.05) is 11.8 Å². The molecule has 1 saturated heterocycles. The lowest BCUT2D eigenvalue weighted by atomic mass is 9.93. The molecule has 0 unspecified atom stereocenters. The lowest BCUT2D eigenvalue weighted by Crippen LogP contribution is -2.39. The van der Waals surface area contributed by atoms with E-state index in [1.165, 1.54) is 25.8 Å². The number of hydrogen-bond donors (Lipinski definition) is 2. The Morgan fingerprint density at radius 2 is 2.30 bits per heavy atom. The second-order valence-electron chi connectivity index (χ2n) is 3.14. The molecule has 1 aliphatic rings. The third kappa shape index (κ3) is 2.17. The third-order valence-electron chi connectivity index (χ3n) is 2.42. The zero-order valence-corrected chi connectivity index (χ0v) is 7.53. The lowest BCUT2D eigenvalue weighted by molar-refractivity contribution is 0.320. The summed E-state index contributed by atoms with van der Waals surface area (Å²) >= 11 is 4.26. The van der Waals surface area contributed by atoms with Gasteiger partial charge in [-0.3, -0.25) is 0 Å². The molecule has 0 spiro atoms. The van der Waals surface area contributed by atoms with Gasteiger partial charge in [-0.25, -0.2) is 0 Å². The van der Waals surface area contributed by atoms with Crippen molar-refractivity contribution in [3.8, 4) is 0 Å². The normalized spacial score (nSPS) is 34.2. The van der Waals surface area contributed by atoms with Crippen LogP contribution in [-0.2, 0) is 0 Å². The highest BCUT2D eigenvalue weighted by Gasteiger charge is 2.17. The van der Waals surface area contributed by atoms with E-state index in [0.717, 1.165) is 11.7 Å². The molecule has 1 nitrogen and oxygen atoms in total. The predicted octanol–water partition coefficient (Wildman–Crippen LogP) is 1.69. The van der Waals surface area contributed by atoms with Gasteiger partial charge in [0.25, 0.3) is 0 Å². The quantitative estimate of drug-likeness (QED) is 0.584. The maximum absolute atomic E-state index is 4.26. The minimum Gasteiger partial charge on any atom is -0.313 e. The molecule has 1 rings (SSSR count). The molecule has 1 N–H and O–H groups in total. The van der Waals surface area contributed by atoms with E-state index in [1.54, 1.807) is 0 Å². The van der Waals surface area contributed by atoms with Crippen LogP contribution in [0.2, 0.25) is 0 Å². The van der Waals surface area contributed by atoms with E-state index in [0.29, 0.717) is 6.04 Å². The number of piperidine rings is 1. The van der Waals surface area contributed by atoms with Gasteiger partial charge < -0.3 is 5.32 Å². The molecular formula is C8H17NS. The molecule has 2 atom stereocenters. The Morgan fingerprint density at radius 1 is 1.50 bits per heavy atom. The van der Waals surface area contributed by atoms with Crippen molar-refractivity contribution < 1.29 is 0 Å². The van der Waals surface area contributed by atoms with Gasteiger partial charge in [-0.1, -0.05) is 13.3 Å². The van der Waals surface area contributed by atoms with Gasteiger partial charge in [0.2, 0.25) is 0 Å². The molecule has 0 aromatic carbocycles. The monoisotopic (exact) mass is 159 g/mol. The van der Waals surface area contributed by atoms with Crippen LogP contribution in [0.5, 0.6) is 0 Å². The molecule has 1 heterocycles. The van der Waals surface area contributed by atoms with E-state index in [-0.39, 0.29) is 0 Å². The van der Waals surface area contributed by atoms with Crippen molar-refractivity contribution in [3.05, 3.63) is 0 Å². The Balaban J connectivity index is 2.17. The van der Waals surface area contributed by atoms with Crippen molar-refractivity contribution in [1.82, 2.24) is 5.32 Å². The van der Waals surface area contributed by atoms with Gasteiger partial charge in [0.05, 0.1) is 0 Å². The van der Waals surface area contributed by atoms with Crippen LogP contribution in [0.4, 0.5) is 0 Å². The maximum Gasteiger partial charge on any atom is 0.0155 e. The standard InChI is InChI=1S/C8H17NS/c1-2-7-3-4-8(6-10)9-5-7/h7-10H,2-6H2,1H3/t7-,8-/m1/s1. The topological polar surface area (TPSA) is 12.0 Å². The van der Waals surface area contributed by atoms with Crippen molar-refractivity contribution in [1.29, 1.82) is 0 Å². The number of rotatable bonds is 2. The second kappa shape index (κ2) is 4.24. The summed E-state index contributed by atoms with van der Waals surface area (Å²) in [6.07, 6.45) is 4.04. The number of hydrogen-bond acceptors (Lipinski definition) is 2. The molecule has 1 fully saturated rings. The van der Waals surface area contributed by atoms with Gasteiger partial charge in [0.15, 0.2) is 0 Å². The van der Waals surface area contributed by atoms with Crippen LogP contribution in [0.3, 0.4) is 0 Å². The van der Waals surface area contributed by atoms with E-state index >= 15 is 0 Å². The van der Waals surface area contributed by atoms with Gasteiger partial charge >= 0.3 is 0 Å². The van der Waals surface area contributed by atoms with Crippen molar-refractivity contribution in [3.63, 3.8) is 0 Å². The van der Waals surface area contributed by atoms with Gasteiger partial charge in [0.1, 0.15) is 0 Å². The highest BCUT2D eigenvalue weighted by Crippen LogP contribution is 2.17. The highest BCUT2D eigenvalue weighted by atomic mass is 32.1. The first-order valence-electron chi connectivity index (χ1n) is 4.21. The SMILES string of the molecule is CC[C@@H]1CC[C@H](CS)NC1. The fourth-order valence-corrected chi connectivity index (χ4v) is 1.79. The minimum absolute atomic E-state index is 0.686. The largest absolute Gasteiger partial charge is 0.313 e. The van der Waals surface area contributed by atoms with Crippen LogP contribution >= 0.6 is 12.6 Å². The van der Waals surface area contributed by atoms with Crippen LogP contribution in [0, 0.1) is 5.92 Å². The van der Waals surface area contributed by atoms with Crippen molar-refractivity contribution in [2.24, 2.45) is 5.92 Å². The Hall–Kier alpha value is 0.310. The molecule has 0 saturated carbocycles. The maximum atomic E-state index is 4.26. The molecule has 10 heavy (non-hydrogen) atoms. The first-order chi connectivity index (χ1) is 4.86. The van der Waals surface area contributed by atoms with E-state index in [1.807, 2.05) is 0 Å². The Labute approximate surface area is 69.0 Å². The van der Waals surface area contributed by atoms with Gasteiger partial charge in [-0.15, -0.1) is 0 Å². The fraction of sp³-hybridized carbons (Fsp3) is 1.00. The van der Waals surface area contributed by atoms with Crippen molar-refractivity contribution in [2.45, 2.75) is 32.2 Å². The predicted molar refractivity (Wildman–Crippen MR) is 48.7 cm³/mol. The molecule has 0 radical (unpaired) electrons. The summed E-state index contributed by atoms with van der Waals surface area (Å²) in [6, 6.07) is 0.686. The van der Waals surface area contributed by atoms with Gasteiger partial charge in [-0.05, 0) is 25.3 Å². The van der Waals surface area contributed by atoms with Crippen molar-refractivity contribution in [2.75, 3.05) is 12.3 Å². The van der Waals surface area contributed by atoms with Crippen LogP contribution in [0.1, 0.15) is 26.2 Å². The summed E-state index contributed by atoms with van der Waals surface area (Å²) in [5.74, 6) is 1.92. The van der Waals surface area contributed by atoms with Crippen LogP contribution < -0.4 is 5.32 Å². The summed E-state index contributed by atoms with van der Waals surface area (Å²) in [5.41, 5.74) is 0. The average molecular weight is 159 g/mol. The summed E-state index contributed by atoms with van der Waals surface area (Å²) in [5, 5.41) is 3.49. The van der Waals surface area contributed by atoms with E-state index < -0.39 is 0 Å². The molecular weight excluding hydrogens is 142 g/mol. The molecule has 2 heteroatoms. The van der Waals surface area contributed by atoms with E-state index in [9.17, 15) is 0 Å². The Kier molecular flexibility index (Phi) is 3.57.